The minimum absolute atomic E-state index is 0.141. The molecule has 1 aromatic heterocycles. The summed E-state index contributed by atoms with van der Waals surface area (Å²) in [4.78, 5) is 14.6. The van der Waals surface area contributed by atoms with Crippen molar-refractivity contribution in [3.63, 3.8) is 0 Å². The second-order valence-electron chi connectivity index (χ2n) is 6.26. The van der Waals surface area contributed by atoms with Gasteiger partial charge < -0.3 is 5.32 Å². The van der Waals surface area contributed by atoms with Crippen LogP contribution in [0.1, 0.15) is 26.5 Å². The number of H-pyrrole nitrogens is 2. The van der Waals surface area contributed by atoms with E-state index in [0.29, 0.717) is 5.57 Å². The molecule has 0 spiro atoms. The van der Waals surface area contributed by atoms with E-state index in [0.717, 1.165) is 5.57 Å². The molecule has 1 aliphatic carbocycles. The Labute approximate surface area is 132 Å². The molecule has 0 aromatic carbocycles. The zero-order valence-corrected chi connectivity index (χ0v) is 13.3. The average molecular weight is 320 g/mol. The number of nitrogens with zero attached hydrogens (tertiary/aromatic N) is 1. The van der Waals surface area contributed by atoms with Crippen LogP contribution < -0.4 is 10.9 Å². The first kappa shape index (κ1) is 15.1. The first-order valence-corrected chi connectivity index (χ1v) is 7.43. The molecule has 2 heterocycles. The molecule has 1 aromatic rings. The van der Waals surface area contributed by atoms with Crippen LogP contribution in [0.3, 0.4) is 0 Å². The fraction of sp³-hybridized carbons (Fsp3) is 0.400. The Morgan fingerprint density at radius 1 is 1.41 bits per heavy atom. The van der Waals surface area contributed by atoms with Gasteiger partial charge in [-0.3, -0.25) is 14.9 Å². The summed E-state index contributed by atoms with van der Waals surface area (Å²) in [7, 11) is 0. The number of aromatic amines is 2. The van der Waals surface area contributed by atoms with E-state index in [1.165, 1.54) is 6.08 Å². The Morgan fingerprint density at radius 3 is 2.82 bits per heavy atom. The van der Waals surface area contributed by atoms with E-state index >= 15 is 0 Å². The molecular formula is C15H17FN4OS. The van der Waals surface area contributed by atoms with Gasteiger partial charge in [0.1, 0.15) is 5.83 Å². The van der Waals surface area contributed by atoms with Crippen molar-refractivity contribution in [2.75, 3.05) is 0 Å². The molecule has 116 valence electrons. The predicted molar refractivity (Wildman–Crippen MR) is 85.5 cm³/mol. The third-order valence-electron chi connectivity index (χ3n) is 3.95. The topological polar surface area (TPSA) is 73.6 Å². The highest BCUT2D eigenvalue weighted by atomic mass is 32.1. The predicted octanol–water partition coefficient (Wildman–Crippen LogP) is 2.39. The summed E-state index contributed by atoms with van der Waals surface area (Å²) in [5.41, 5.74) is 1.08. The molecule has 3 rings (SSSR count). The molecule has 0 saturated heterocycles. The molecule has 5 nitrogen and oxygen atoms in total. The molecule has 0 saturated carbocycles. The highest BCUT2D eigenvalue weighted by Gasteiger charge is 2.38. The minimum atomic E-state index is -0.421. The quantitative estimate of drug-likeness (QED) is 0.549. The van der Waals surface area contributed by atoms with E-state index < -0.39 is 5.56 Å². The molecule has 3 N–H and O–H groups in total. The number of fused-ring (bicyclic) bond motifs is 1. The maximum atomic E-state index is 14.0. The summed E-state index contributed by atoms with van der Waals surface area (Å²) in [5, 5.41) is 10.0. The Morgan fingerprint density at radius 2 is 2.14 bits per heavy atom. The smallest absolute Gasteiger partial charge is 0.278 e. The van der Waals surface area contributed by atoms with Gasteiger partial charge in [0.25, 0.3) is 5.56 Å². The van der Waals surface area contributed by atoms with Crippen LogP contribution in [-0.4, -0.2) is 26.8 Å². The normalized spacial score (nSPS) is 26.6. The van der Waals surface area contributed by atoms with Crippen molar-refractivity contribution in [2.24, 2.45) is 5.92 Å². The number of allylic oxidation sites excluding steroid dienone is 2. The maximum Gasteiger partial charge on any atom is 0.278 e. The van der Waals surface area contributed by atoms with Crippen LogP contribution in [0.25, 0.3) is 5.57 Å². The number of rotatable bonds is 1. The lowest BCUT2D eigenvalue weighted by Crippen LogP contribution is -2.53. The van der Waals surface area contributed by atoms with E-state index in [1.807, 2.05) is 20.8 Å². The summed E-state index contributed by atoms with van der Waals surface area (Å²) < 4.78 is 14.2. The fourth-order valence-corrected chi connectivity index (χ4v) is 3.31. The van der Waals surface area contributed by atoms with E-state index in [-0.39, 0.29) is 33.8 Å². The molecule has 2 aliphatic rings. The zero-order valence-electron chi connectivity index (χ0n) is 12.5. The van der Waals surface area contributed by atoms with E-state index in [1.54, 1.807) is 6.08 Å². The first-order chi connectivity index (χ1) is 10.3. The zero-order chi connectivity index (χ0) is 16.1. The van der Waals surface area contributed by atoms with Gasteiger partial charge in [-0.05, 0) is 45.1 Å². The highest BCUT2D eigenvalue weighted by Crippen LogP contribution is 2.37. The van der Waals surface area contributed by atoms with Gasteiger partial charge in [0.15, 0.2) is 10.5 Å². The standard InChI is InChI=1S/C15H17FN4OS/c1-7-6-15(2,3)18-11-9(7)4-8(16)5-10(11)12-13(21)17-14(22)20-19-12/h4-6,9,11,18H,1-3H3,(H2,17,20,21,22). The Hall–Kier alpha value is -1.86. The third kappa shape index (κ3) is 2.62. The SMILES string of the molecule is CC1=CC(C)(C)NC2C(c3n[nH]c(=S)[nH]c3=O)=CC(F)=CC12. The monoisotopic (exact) mass is 320 g/mol. The molecule has 2 unspecified atom stereocenters. The summed E-state index contributed by atoms with van der Waals surface area (Å²) in [6, 6.07) is -0.211. The number of hydrogen-bond acceptors (Lipinski definition) is 4. The molecular weight excluding hydrogens is 303 g/mol. The lowest BCUT2D eigenvalue weighted by molar-refractivity contribution is 0.368. The summed E-state index contributed by atoms with van der Waals surface area (Å²) in [6.45, 7) is 6.05. The molecule has 1 aliphatic heterocycles. The lowest BCUT2D eigenvalue weighted by Gasteiger charge is -2.41. The van der Waals surface area contributed by atoms with Gasteiger partial charge in [0, 0.05) is 23.1 Å². The number of halogens is 1. The Kier molecular flexibility index (Phi) is 3.49. The summed E-state index contributed by atoms with van der Waals surface area (Å²) >= 11 is 4.85. The van der Waals surface area contributed by atoms with Crippen molar-refractivity contribution in [1.29, 1.82) is 0 Å². The van der Waals surface area contributed by atoms with Crippen LogP contribution in [-0.2, 0) is 0 Å². The minimum Gasteiger partial charge on any atom is -0.301 e. The molecule has 22 heavy (non-hydrogen) atoms. The van der Waals surface area contributed by atoms with Crippen molar-refractivity contribution >= 4 is 17.8 Å². The molecule has 0 fully saturated rings. The highest BCUT2D eigenvalue weighted by molar-refractivity contribution is 7.71. The molecule has 0 amide bonds. The van der Waals surface area contributed by atoms with Crippen LogP contribution in [0.5, 0.6) is 0 Å². The van der Waals surface area contributed by atoms with E-state index in [4.69, 9.17) is 12.2 Å². The van der Waals surface area contributed by atoms with Gasteiger partial charge in [-0.25, -0.2) is 4.39 Å². The average Bonchev–Trinajstić information content (AvgIpc) is 2.38. The molecule has 0 bridgehead atoms. The van der Waals surface area contributed by atoms with Gasteiger partial charge in [-0.2, -0.15) is 5.10 Å². The van der Waals surface area contributed by atoms with Crippen LogP contribution in [0, 0.1) is 10.7 Å². The van der Waals surface area contributed by atoms with Gasteiger partial charge in [-0.1, -0.05) is 11.6 Å². The van der Waals surface area contributed by atoms with Crippen LogP contribution in [0.15, 0.2) is 34.4 Å². The second kappa shape index (κ2) is 5.10. The maximum absolute atomic E-state index is 14.0. The number of hydrogen-bond donors (Lipinski definition) is 3. The van der Waals surface area contributed by atoms with Crippen LogP contribution >= 0.6 is 12.2 Å². The van der Waals surface area contributed by atoms with Crippen LogP contribution in [0.4, 0.5) is 4.39 Å². The lowest BCUT2D eigenvalue weighted by atomic mass is 9.76. The Bertz CT molecular complexity index is 830. The fourth-order valence-electron chi connectivity index (χ4n) is 3.18. The van der Waals surface area contributed by atoms with Crippen LogP contribution in [0.2, 0.25) is 0 Å². The largest absolute Gasteiger partial charge is 0.301 e. The van der Waals surface area contributed by atoms with Crippen molar-refractivity contribution < 1.29 is 4.39 Å². The van der Waals surface area contributed by atoms with Crippen molar-refractivity contribution in [1.82, 2.24) is 20.5 Å². The van der Waals surface area contributed by atoms with E-state index in [9.17, 15) is 9.18 Å². The van der Waals surface area contributed by atoms with Crippen molar-refractivity contribution in [3.05, 3.63) is 50.4 Å². The van der Waals surface area contributed by atoms with Gasteiger partial charge >= 0.3 is 0 Å². The van der Waals surface area contributed by atoms with Crippen molar-refractivity contribution in [2.45, 2.75) is 32.4 Å². The molecule has 0 radical (unpaired) electrons. The van der Waals surface area contributed by atoms with Gasteiger partial charge in [-0.15, -0.1) is 0 Å². The number of nitrogens with one attached hydrogen (secondary N) is 3. The molecule has 2 atom stereocenters. The van der Waals surface area contributed by atoms with Gasteiger partial charge in [0.05, 0.1) is 0 Å². The summed E-state index contributed by atoms with van der Waals surface area (Å²) in [6.07, 6.45) is 5.01. The second-order valence-corrected chi connectivity index (χ2v) is 6.67. The molecule has 7 heteroatoms. The van der Waals surface area contributed by atoms with Gasteiger partial charge in [0.2, 0.25) is 0 Å². The third-order valence-corrected chi connectivity index (χ3v) is 4.15. The van der Waals surface area contributed by atoms with Crippen molar-refractivity contribution in [3.8, 4) is 0 Å². The number of aromatic nitrogens is 3. The van der Waals surface area contributed by atoms with E-state index in [2.05, 4.69) is 26.6 Å². The summed E-state index contributed by atoms with van der Waals surface area (Å²) in [5.74, 6) is -0.508. The Balaban J connectivity index is 2.15. The first-order valence-electron chi connectivity index (χ1n) is 7.02.